The Kier molecular flexibility index (Phi) is 8.30. The molecule has 178 valence electrons. The molecule has 8 nitrogen and oxygen atoms in total. The highest BCUT2D eigenvalue weighted by molar-refractivity contribution is 7.74. The van der Waals surface area contributed by atoms with Gasteiger partial charge in [-0.3, -0.25) is 14.6 Å². The number of pyridine rings is 1. The molecule has 0 N–H and O–H groups in total. The van der Waals surface area contributed by atoms with Crippen LogP contribution in [0.2, 0.25) is 0 Å². The van der Waals surface area contributed by atoms with E-state index in [0.29, 0.717) is 12.3 Å². The molecule has 0 bridgehead atoms. The number of benzene rings is 1. The molecule has 2 heterocycles. The molecule has 0 spiro atoms. The highest BCUT2D eigenvalue weighted by atomic mass is 32.2. The van der Waals surface area contributed by atoms with Crippen molar-refractivity contribution in [2.45, 2.75) is 32.1 Å². The number of para-hydroxylation sites is 2. The second kappa shape index (κ2) is 11.6. The lowest BCUT2D eigenvalue weighted by Crippen LogP contribution is -2.50. The predicted octanol–water partition coefficient (Wildman–Crippen LogP) is 2.99. The van der Waals surface area contributed by atoms with Crippen LogP contribution in [0.4, 0.5) is 11.5 Å². The fourth-order valence-corrected chi connectivity index (χ4v) is 5.02. The van der Waals surface area contributed by atoms with Crippen molar-refractivity contribution in [1.82, 2.24) is 9.88 Å². The molecule has 1 aromatic carbocycles. The van der Waals surface area contributed by atoms with Crippen LogP contribution in [0.1, 0.15) is 32.1 Å². The van der Waals surface area contributed by atoms with Crippen LogP contribution in [0.5, 0.6) is 5.75 Å². The van der Waals surface area contributed by atoms with Crippen molar-refractivity contribution in [2.24, 2.45) is 5.92 Å². The minimum absolute atomic E-state index is 0.0978. The van der Waals surface area contributed by atoms with Gasteiger partial charge in [-0.1, -0.05) is 37.5 Å². The van der Waals surface area contributed by atoms with Crippen LogP contribution in [0.3, 0.4) is 0 Å². The molecule has 2 aliphatic rings. The van der Waals surface area contributed by atoms with Crippen molar-refractivity contribution >= 4 is 28.8 Å². The first-order valence-electron chi connectivity index (χ1n) is 11.7. The van der Waals surface area contributed by atoms with Gasteiger partial charge in [0, 0.05) is 51.4 Å². The van der Waals surface area contributed by atoms with E-state index in [-0.39, 0.29) is 11.8 Å². The number of anilines is 2. The lowest BCUT2D eigenvalue weighted by atomic mass is 9.88. The molecule has 4 rings (SSSR count). The number of rotatable bonds is 8. The number of carbonyl (C=O) groups is 1. The maximum Gasteiger partial charge on any atom is 0.231 e. The van der Waals surface area contributed by atoms with Crippen molar-refractivity contribution in [2.75, 3.05) is 49.1 Å². The van der Waals surface area contributed by atoms with Gasteiger partial charge >= 0.3 is 0 Å². The molecule has 1 saturated heterocycles. The Bertz CT molecular complexity index is 931. The quantitative estimate of drug-likeness (QED) is 0.547. The Morgan fingerprint density at radius 1 is 1.06 bits per heavy atom. The summed E-state index contributed by atoms with van der Waals surface area (Å²) in [6.45, 7) is 4.54. The molecule has 1 atom stereocenters. The first-order valence-corrected chi connectivity index (χ1v) is 12.7. The molecule has 1 aliphatic heterocycles. The highest BCUT2D eigenvalue weighted by Crippen LogP contribution is 2.30. The first-order chi connectivity index (χ1) is 16.1. The number of carbonyl (C=O) groups excluding carboxylic acids is 1. The molecule has 2 aromatic rings. The number of piperazine rings is 1. The molecule has 1 unspecified atom stereocenters. The molecule has 9 heteroatoms. The Labute approximate surface area is 198 Å². The second-order valence-electron chi connectivity index (χ2n) is 8.60. The molecular weight excluding hydrogens is 440 g/mol. The van der Waals surface area contributed by atoms with Gasteiger partial charge in [0.05, 0.1) is 5.69 Å². The van der Waals surface area contributed by atoms with Gasteiger partial charge in [0.15, 0.2) is 5.75 Å². The minimum Gasteiger partial charge on any atom is -0.740 e. The van der Waals surface area contributed by atoms with Crippen molar-refractivity contribution in [3.63, 3.8) is 0 Å². The topological polar surface area (TPSA) is 89.0 Å². The van der Waals surface area contributed by atoms with Crippen LogP contribution in [0, 0.1) is 5.92 Å². The van der Waals surface area contributed by atoms with E-state index in [0.717, 1.165) is 69.9 Å². The van der Waals surface area contributed by atoms with Gasteiger partial charge in [-0.15, -0.1) is 0 Å². The maximum atomic E-state index is 13.3. The van der Waals surface area contributed by atoms with Crippen LogP contribution < -0.4 is 14.0 Å². The Morgan fingerprint density at radius 2 is 1.79 bits per heavy atom. The summed E-state index contributed by atoms with van der Waals surface area (Å²) in [6.07, 6.45) is 7.15. The minimum atomic E-state index is -2.60. The van der Waals surface area contributed by atoms with Gasteiger partial charge < -0.3 is 13.6 Å². The number of nitrogens with zero attached hydrogens (tertiary/aromatic N) is 4. The zero-order valence-electron chi connectivity index (χ0n) is 18.8. The SMILES string of the molecule is O=C(C1CCCCC1)N(CCN1CCN(c2ccccc2OS(=O)[O-])CC1)c1ccccn1. The fraction of sp³-hybridized carbons (Fsp3) is 0.500. The van der Waals surface area contributed by atoms with E-state index >= 15 is 0 Å². The molecule has 33 heavy (non-hydrogen) atoms. The molecule has 0 radical (unpaired) electrons. The lowest BCUT2D eigenvalue weighted by Gasteiger charge is -2.37. The van der Waals surface area contributed by atoms with E-state index in [2.05, 4.69) is 14.8 Å². The Balaban J connectivity index is 1.36. The summed E-state index contributed by atoms with van der Waals surface area (Å²) in [5.74, 6) is 1.37. The van der Waals surface area contributed by atoms with Crippen LogP contribution in [0.15, 0.2) is 48.7 Å². The molecule has 1 saturated carbocycles. The van der Waals surface area contributed by atoms with Gasteiger partial charge in [-0.2, -0.15) is 0 Å². The monoisotopic (exact) mass is 471 g/mol. The van der Waals surface area contributed by atoms with E-state index in [1.807, 2.05) is 35.2 Å². The summed E-state index contributed by atoms with van der Waals surface area (Å²) in [7, 11) is 0. The lowest BCUT2D eigenvalue weighted by molar-refractivity contribution is -0.123. The fourth-order valence-electron chi connectivity index (χ4n) is 4.74. The molecule has 2 fully saturated rings. The molecule has 1 aromatic heterocycles. The van der Waals surface area contributed by atoms with E-state index in [9.17, 15) is 13.6 Å². The highest BCUT2D eigenvalue weighted by Gasteiger charge is 2.28. The smallest absolute Gasteiger partial charge is 0.231 e. The summed E-state index contributed by atoms with van der Waals surface area (Å²) in [5, 5.41) is 0. The Morgan fingerprint density at radius 3 is 2.48 bits per heavy atom. The molecule has 1 aliphatic carbocycles. The first kappa shape index (κ1) is 23.7. The second-order valence-corrected chi connectivity index (χ2v) is 9.17. The van der Waals surface area contributed by atoms with Gasteiger partial charge in [0.1, 0.15) is 17.2 Å². The number of amides is 1. The standard InChI is InChI=1S/C24H32N4O4S/c29-24(20-8-2-1-3-9-20)28(23-12-6-7-13-25-23)19-16-26-14-17-27(18-15-26)21-10-4-5-11-22(21)32-33(30)31/h4-7,10-13,20H,1-3,8-9,14-19H2,(H,30,31)/p-1. The van der Waals surface area contributed by atoms with Gasteiger partial charge in [0.25, 0.3) is 0 Å². The summed E-state index contributed by atoms with van der Waals surface area (Å²) >= 11 is -2.60. The van der Waals surface area contributed by atoms with Gasteiger partial charge in [0.2, 0.25) is 5.91 Å². The van der Waals surface area contributed by atoms with Crippen molar-refractivity contribution in [3.05, 3.63) is 48.7 Å². The number of hydrogen-bond donors (Lipinski definition) is 0. The summed E-state index contributed by atoms with van der Waals surface area (Å²) in [4.78, 5) is 24.1. The van der Waals surface area contributed by atoms with Crippen molar-refractivity contribution in [3.8, 4) is 5.75 Å². The zero-order valence-corrected chi connectivity index (χ0v) is 19.6. The summed E-state index contributed by atoms with van der Waals surface area (Å²) in [5.41, 5.74) is 0.781. The van der Waals surface area contributed by atoms with Crippen LogP contribution in [0.25, 0.3) is 0 Å². The van der Waals surface area contributed by atoms with Crippen molar-refractivity contribution in [1.29, 1.82) is 0 Å². The van der Waals surface area contributed by atoms with E-state index in [4.69, 9.17) is 4.18 Å². The summed E-state index contributed by atoms with van der Waals surface area (Å²) < 4.78 is 27.0. The van der Waals surface area contributed by atoms with Gasteiger partial charge in [-0.25, -0.2) is 9.19 Å². The average molecular weight is 472 g/mol. The van der Waals surface area contributed by atoms with E-state index in [1.165, 1.54) is 6.42 Å². The molecule has 1 amide bonds. The predicted molar refractivity (Wildman–Crippen MR) is 128 cm³/mol. The summed E-state index contributed by atoms with van der Waals surface area (Å²) in [6, 6.07) is 12.9. The largest absolute Gasteiger partial charge is 0.740 e. The number of aromatic nitrogens is 1. The van der Waals surface area contributed by atoms with Crippen LogP contribution >= 0.6 is 0 Å². The third-order valence-corrected chi connectivity index (χ3v) is 6.84. The number of hydrogen-bond acceptors (Lipinski definition) is 7. The third kappa shape index (κ3) is 6.31. The molecular formula is C24H31N4O4S-. The average Bonchev–Trinajstić information content (AvgIpc) is 2.86. The Hall–Kier alpha value is -2.49. The normalized spacial score (nSPS) is 18.6. The van der Waals surface area contributed by atoms with Crippen LogP contribution in [-0.4, -0.2) is 63.8 Å². The maximum absolute atomic E-state index is 13.3. The zero-order chi connectivity index (χ0) is 23.0. The third-order valence-electron chi connectivity index (χ3n) is 6.52. The van der Waals surface area contributed by atoms with Crippen molar-refractivity contribution < 1.29 is 17.7 Å². The van der Waals surface area contributed by atoms with E-state index < -0.39 is 11.4 Å². The van der Waals surface area contributed by atoms with Crippen LogP contribution in [-0.2, 0) is 16.2 Å². The van der Waals surface area contributed by atoms with E-state index in [1.54, 1.807) is 18.3 Å². The van der Waals surface area contributed by atoms with Gasteiger partial charge in [-0.05, 0) is 37.1 Å².